The summed E-state index contributed by atoms with van der Waals surface area (Å²) in [7, 11) is 0. The molecule has 1 fully saturated rings. The van der Waals surface area contributed by atoms with Crippen molar-refractivity contribution < 1.29 is 9.84 Å². The van der Waals surface area contributed by atoms with Gasteiger partial charge in [-0.2, -0.15) is 0 Å². The predicted molar refractivity (Wildman–Crippen MR) is 96.6 cm³/mol. The fourth-order valence-corrected chi connectivity index (χ4v) is 3.22. The van der Waals surface area contributed by atoms with Crippen LogP contribution in [0.3, 0.4) is 0 Å². The van der Waals surface area contributed by atoms with E-state index in [1.165, 1.54) is 0 Å². The van der Waals surface area contributed by atoms with Gasteiger partial charge in [-0.3, -0.25) is 4.90 Å². The van der Waals surface area contributed by atoms with Crippen molar-refractivity contribution in [2.24, 2.45) is 0 Å². The Kier molecular flexibility index (Phi) is 5.51. The largest absolute Gasteiger partial charge is 0.457 e. The number of ether oxygens (including phenoxy) is 1. The van der Waals surface area contributed by atoms with Crippen LogP contribution in [0.2, 0.25) is 0 Å². The van der Waals surface area contributed by atoms with Crippen molar-refractivity contribution in [3.63, 3.8) is 0 Å². The van der Waals surface area contributed by atoms with Crippen molar-refractivity contribution in [3.8, 4) is 11.5 Å². The molecule has 2 aromatic carbocycles. The van der Waals surface area contributed by atoms with Crippen molar-refractivity contribution in [3.05, 3.63) is 59.7 Å². The molecule has 4 nitrogen and oxygen atoms in total. The lowest BCUT2D eigenvalue weighted by molar-refractivity contribution is 0.0506. The van der Waals surface area contributed by atoms with E-state index in [1.54, 1.807) is 0 Å². The van der Waals surface area contributed by atoms with E-state index in [4.69, 9.17) is 4.74 Å². The van der Waals surface area contributed by atoms with Gasteiger partial charge in [-0.25, -0.2) is 0 Å². The molecule has 1 heterocycles. The van der Waals surface area contributed by atoms with Gasteiger partial charge in [-0.1, -0.05) is 24.3 Å². The molecule has 0 bridgehead atoms. The zero-order chi connectivity index (χ0) is 16.9. The molecule has 1 saturated heterocycles. The van der Waals surface area contributed by atoms with Crippen molar-refractivity contribution in [2.45, 2.75) is 26.0 Å². The molecule has 2 atom stereocenters. The van der Waals surface area contributed by atoms with Crippen LogP contribution in [0, 0.1) is 6.92 Å². The second-order valence-corrected chi connectivity index (χ2v) is 6.40. The summed E-state index contributed by atoms with van der Waals surface area (Å²) in [4.78, 5) is 2.34. The maximum absolute atomic E-state index is 10.8. The zero-order valence-electron chi connectivity index (χ0n) is 14.4. The first-order valence-corrected chi connectivity index (χ1v) is 8.61. The first-order valence-electron chi connectivity index (χ1n) is 8.61. The number of para-hydroxylation sites is 1. The van der Waals surface area contributed by atoms with Gasteiger partial charge in [0.1, 0.15) is 11.5 Å². The maximum atomic E-state index is 10.8. The monoisotopic (exact) mass is 326 g/mol. The minimum atomic E-state index is -0.492. The van der Waals surface area contributed by atoms with Crippen LogP contribution >= 0.6 is 0 Å². The standard InChI is InChI=1S/C20H26N2O2/c1-15-14-18(24-17-6-4-3-5-7-17)8-9-19(15)20(23)16(2)22-12-10-21-11-13-22/h3-9,14,16,20-21,23H,10-13H2,1-2H3. The minimum Gasteiger partial charge on any atom is -0.457 e. The molecule has 0 amide bonds. The number of aliphatic hydroxyl groups is 1. The number of aliphatic hydroxyl groups excluding tert-OH is 1. The third kappa shape index (κ3) is 3.96. The molecule has 1 aliphatic heterocycles. The molecular weight excluding hydrogens is 300 g/mol. The van der Waals surface area contributed by atoms with E-state index in [0.717, 1.165) is 48.8 Å². The molecule has 128 valence electrons. The number of benzene rings is 2. The van der Waals surface area contributed by atoms with Gasteiger partial charge < -0.3 is 15.2 Å². The number of aryl methyl sites for hydroxylation is 1. The molecule has 0 saturated carbocycles. The summed E-state index contributed by atoms with van der Waals surface area (Å²) in [6.45, 7) is 8.06. The van der Waals surface area contributed by atoms with E-state index in [-0.39, 0.29) is 6.04 Å². The smallest absolute Gasteiger partial charge is 0.127 e. The highest BCUT2D eigenvalue weighted by Gasteiger charge is 2.25. The van der Waals surface area contributed by atoms with Crippen LogP contribution in [0.15, 0.2) is 48.5 Å². The summed E-state index contributed by atoms with van der Waals surface area (Å²) in [5, 5.41) is 14.2. The van der Waals surface area contributed by atoms with Crippen LogP contribution < -0.4 is 10.1 Å². The van der Waals surface area contributed by atoms with Crippen LogP contribution in [0.25, 0.3) is 0 Å². The van der Waals surface area contributed by atoms with E-state index in [2.05, 4.69) is 17.1 Å². The summed E-state index contributed by atoms with van der Waals surface area (Å²) < 4.78 is 5.87. The van der Waals surface area contributed by atoms with E-state index in [1.807, 2.05) is 55.5 Å². The average molecular weight is 326 g/mol. The Labute approximate surface area is 144 Å². The predicted octanol–water partition coefficient (Wildman–Crippen LogP) is 3.11. The van der Waals surface area contributed by atoms with Gasteiger partial charge in [0.05, 0.1) is 6.10 Å². The van der Waals surface area contributed by atoms with Crippen LogP contribution in [-0.2, 0) is 0 Å². The van der Waals surface area contributed by atoms with Crippen LogP contribution in [-0.4, -0.2) is 42.2 Å². The SMILES string of the molecule is Cc1cc(Oc2ccccc2)ccc1C(O)C(C)N1CCNCC1. The van der Waals surface area contributed by atoms with Crippen molar-refractivity contribution in [2.75, 3.05) is 26.2 Å². The number of nitrogens with one attached hydrogen (secondary N) is 1. The molecular formula is C20H26N2O2. The highest BCUT2D eigenvalue weighted by atomic mass is 16.5. The van der Waals surface area contributed by atoms with Crippen molar-refractivity contribution in [1.29, 1.82) is 0 Å². The van der Waals surface area contributed by atoms with Gasteiger partial charge in [0.2, 0.25) is 0 Å². The highest BCUT2D eigenvalue weighted by molar-refractivity contribution is 5.39. The Morgan fingerprint density at radius 2 is 1.75 bits per heavy atom. The third-order valence-electron chi connectivity index (χ3n) is 4.72. The number of hydrogen-bond donors (Lipinski definition) is 2. The number of hydrogen-bond acceptors (Lipinski definition) is 4. The number of rotatable bonds is 5. The fraction of sp³-hybridized carbons (Fsp3) is 0.400. The summed E-state index contributed by atoms with van der Waals surface area (Å²) in [5.74, 6) is 1.61. The number of nitrogens with zero attached hydrogens (tertiary/aromatic N) is 1. The lowest BCUT2D eigenvalue weighted by Crippen LogP contribution is -2.49. The third-order valence-corrected chi connectivity index (χ3v) is 4.72. The van der Waals surface area contributed by atoms with E-state index in [9.17, 15) is 5.11 Å². The second-order valence-electron chi connectivity index (χ2n) is 6.40. The van der Waals surface area contributed by atoms with Gasteiger partial charge in [-0.05, 0) is 49.2 Å². The Bertz CT molecular complexity index is 654. The molecule has 0 spiro atoms. The van der Waals surface area contributed by atoms with Crippen LogP contribution in [0.4, 0.5) is 0 Å². The average Bonchev–Trinajstić information content (AvgIpc) is 2.62. The lowest BCUT2D eigenvalue weighted by Gasteiger charge is -2.35. The molecule has 0 aliphatic carbocycles. The minimum absolute atomic E-state index is 0.103. The molecule has 24 heavy (non-hydrogen) atoms. The zero-order valence-corrected chi connectivity index (χ0v) is 14.4. The summed E-state index contributed by atoms with van der Waals surface area (Å²) in [6.07, 6.45) is -0.492. The second kappa shape index (κ2) is 7.79. The molecule has 4 heteroatoms. The number of piperazine rings is 1. The normalized spacial score (nSPS) is 18.1. The Hall–Kier alpha value is -1.88. The summed E-state index contributed by atoms with van der Waals surface area (Å²) >= 11 is 0. The molecule has 0 aromatic heterocycles. The van der Waals surface area contributed by atoms with Gasteiger partial charge in [0.15, 0.2) is 0 Å². The summed E-state index contributed by atoms with van der Waals surface area (Å²) in [6, 6.07) is 15.8. The molecule has 2 N–H and O–H groups in total. The van der Waals surface area contributed by atoms with E-state index >= 15 is 0 Å². The van der Waals surface area contributed by atoms with E-state index in [0.29, 0.717) is 0 Å². The topological polar surface area (TPSA) is 44.7 Å². The quantitative estimate of drug-likeness (QED) is 0.886. The first kappa shape index (κ1) is 17.0. The van der Waals surface area contributed by atoms with Gasteiger partial charge >= 0.3 is 0 Å². The molecule has 2 unspecified atom stereocenters. The highest BCUT2D eigenvalue weighted by Crippen LogP contribution is 2.29. The van der Waals surface area contributed by atoms with E-state index < -0.39 is 6.10 Å². The van der Waals surface area contributed by atoms with Gasteiger partial charge in [-0.15, -0.1) is 0 Å². The van der Waals surface area contributed by atoms with Gasteiger partial charge in [0, 0.05) is 32.2 Å². The molecule has 2 aromatic rings. The van der Waals surface area contributed by atoms with Crippen molar-refractivity contribution in [1.82, 2.24) is 10.2 Å². The molecule has 1 aliphatic rings. The summed E-state index contributed by atoms with van der Waals surface area (Å²) in [5.41, 5.74) is 2.03. The molecule has 0 radical (unpaired) electrons. The molecule has 3 rings (SSSR count). The lowest BCUT2D eigenvalue weighted by atomic mass is 9.97. The Morgan fingerprint density at radius 1 is 1.04 bits per heavy atom. The van der Waals surface area contributed by atoms with Crippen LogP contribution in [0.1, 0.15) is 24.2 Å². The van der Waals surface area contributed by atoms with Crippen molar-refractivity contribution >= 4 is 0 Å². The Balaban J connectivity index is 1.71. The van der Waals surface area contributed by atoms with Crippen LogP contribution in [0.5, 0.6) is 11.5 Å². The van der Waals surface area contributed by atoms with Gasteiger partial charge in [0.25, 0.3) is 0 Å². The maximum Gasteiger partial charge on any atom is 0.127 e. The first-order chi connectivity index (χ1) is 11.6. The Morgan fingerprint density at radius 3 is 2.42 bits per heavy atom. The fourth-order valence-electron chi connectivity index (χ4n) is 3.22.